The summed E-state index contributed by atoms with van der Waals surface area (Å²) in [5.41, 5.74) is 5.15. The molecule has 0 aliphatic heterocycles. The highest BCUT2D eigenvalue weighted by molar-refractivity contribution is 7.51. The average Bonchev–Trinajstić information content (AvgIpc) is 2.88. The van der Waals surface area contributed by atoms with Gasteiger partial charge in [-0.05, 0) is 66.6 Å². The van der Waals surface area contributed by atoms with E-state index in [1.807, 2.05) is 36.5 Å². The van der Waals surface area contributed by atoms with Gasteiger partial charge in [0.2, 0.25) is 0 Å². The zero-order chi connectivity index (χ0) is 25.9. The van der Waals surface area contributed by atoms with Gasteiger partial charge in [0.1, 0.15) is 5.54 Å². The van der Waals surface area contributed by atoms with Crippen LogP contribution in [0.15, 0.2) is 72.9 Å². The minimum absolute atomic E-state index is 0.146. The molecule has 5 nitrogen and oxygen atoms in total. The third-order valence-electron chi connectivity index (χ3n) is 6.75. The van der Waals surface area contributed by atoms with Crippen molar-refractivity contribution in [3.63, 3.8) is 0 Å². The maximum atomic E-state index is 11.6. The van der Waals surface area contributed by atoms with Gasteiger partial charge in [0, 0.05) is 6.20 Å². The molecule has 2 aromatic carbocycles. The molecule has 0 bridgehead atoms. The highest BCUT2D eigenvalue weighted by Crippen LogP contribution is 2.40. The summed E-state index contributed by atoms with van der Waals surface area (Å²) in [5, 5.41) is 3.76. The number of unbranched alkanes of at least 4 members (excludes halogenated alkanes) is 3. The van der Waals surface area contributed by atoms with E-state index in [0.717, 1.165) is 36.9 Å². The quantitative estimate of drug-likeness (QED) is 0.159. The minimum atomic E-state index is -4.07. The summed E-state index contributed by atoms with van der Waals surface area (Å²) >= 11 is 0. The van der Waals surface area contributed by atoms with E-state index in [9.17, 15) is 14.4 Å². The molecular weight excluding hydrogens is 467 g/mol. The molecule has 36 heavy (non-hydrogen) atoms. The molecule has 1 aromatic heterocycles. The van der Waals surface area contributed by atoms with Gasteiger partial charge in [-0.15, -0.1) is 0 Å². The van der Waals surface area contributed by atoms with Crippen molar-refractivity contribution >= 4 is 7.60 Å². The highest BCUT2D eigenvalue weighted by atomic mass is 31.2. The molecule has 0 saturated heterocycles. The van der Waals surface area contributed by atoms with Gasteiger partial charge in [0.15, 0.2) is 0 Å². The van der Waals surface area contributed by atoms with Crippen LogP contribution in [0.2, 0.25) is 0 Å². The van der Waals surface area contributed by atoms with Gasteiger partial charge in [-0.1, -0.05) is 94.1 Å². The molecule has 0 radical (unpaired) electrons. The summed E-state index contributed by atoms with van der Waals surface area (Å²) < 4.78 is 11.6. The van der Waals surface area contributed by atoms with Gasteiger partial charge in [-0.25, -0.2) is 0 Å². The van der Waals surface area contributed by atoms with Crippen LogP contribution in [0, 0.1) is 0 Å². The van der Waals surface area contributed by atoms with Crippen LogP contribution < -0.4 is 5.32 Å². The second-order valence-corrected chi connectivity index (χ2v) is 11.3. The van der Waals surface area contributed by atoms with Crippen LogP contribution in [-0.2, 0) is 22.9 Å². The van der Waals surface area contributed by atoms with Crippen LogP contribution in [0.25, 0.3) is 0 Å². The predicted molar refractivity (Wildman–Crippen MR) is 148 cm³/mol. The van der Waals surface area contributed by atoms with E-state index in [-0.39, 0.29) is 6.16 Å². The van der Waals surface area contributed by atoms with Crippen LogP contribution in [0.5, 0.6) is 0 Å². The van der Waals surface area contributed by atoms with Gasteiger partial charge < -0.3 is 9.79 Å². The van der Waals surface area contributed by atoms with E-state index < -0.39 is 13.1 Å². The third kappa shape index (κ3) is 7.36. The van der Waals surface area contributed by atoms with Crippen LogP contribution >= 0.6 is 7.60 Å². The topological polar surface area (TPSA) is 82.5 Å². The molecule has 1 heterocycles. The molecule has 0 aliphatic rings. The van der Waals surface area contributed by atoms with Crippen LogP contribution in [0.4, 0.5) is 0 Å². The molecule has 0 amide bonds. The Morgan fingerprint density at radius 1 is 0.833 bits per heavy atom. The number of benzene rings is 2. The van der Waals surface area contributed by atoms with Crippen LogP contribution in [-0.4, -0.2) is 27.5 Å². The first kappa shape index (κ1) is 28.3. The summed E-state index contributed by atoms with van der Waals surface area (Å²) in [4.78, 5) is 23.7. The molecule has 3 aromatic rings. The fourth-order valence-corrected chi connectivity index (χ4v) is 5.65. The van der Waals surface area contributed by atoms with Gasteiger partial charge in [0.25, 0.3) is 0 Å². The van der Waals surface area contributed by atoms with Gasteiger partial charge in [0.05, 0.1) is 11.9 Å². The minimum Gasteiger partial charge on any atom is -0.324 e. The summed E-state index contributed by atoms with van der Waals surface area (Å²) in [7, 11) is -4.07. The smallest absolute Gasteiger partial charge is 0.324 e. The summed E-state index contributed by atoms with van der Waals surface area (Å²) in [6.07, 6.45) is 9.89. The first-order valence-electron chi connectivity index (χ1n) is 13.3. The average molecular weight is 509 g/mol. The zero-order valence-electron chi connectivity index (χ0n) is 21.7. The van der Waals surface area contributed by atoms with Gasteiger partial charge >= 0.3 is 7.60 Å². The van der Waals surface area contributed by atoms with Crippen LogP contribution in [0.3, 0.4) is 0 Å². The fourth-order valence-electron chi connectivity index (χ4n) is 5.08. The van der Waals surface area contributed by atoms with E-state index in [2.05, 4.69) is 55.6 Å². The number of aromatic nitrogens is 1. The van der Waals surface area contributed by atoms with Crippen molar-refractivity contribution in [1.29, 1.82) is 0 Å². The molecule has 3 rings (SSSR count). The van der Waals surface area contributed by atoms with E-state index in [0.29, 0.717) is 13.0 Å². The predicted octanol–water partition coefficient (Wildman–Crippen LogP) is 6.61. The third-order valence-corrected chi connectivity index (χ3v) is 7.65. The van der Waals surface area contributed by atoms with E-state index in [1.165, 1.54) is 36.0 Å². The fraction of sp³-hybridized carbons (Fsp3) is 0.433. The molecule has 6 heteroatoms. The molecular formula is C30H41N2O3P. The lowest BCUT2D eigenvalue weighted by Gasteiger charge is -2.38. The van der Waals surface area contributed by atoms with Crippen molar-refractivity contribution in [1.82, 2.24) is 10.3 Å². The molecule has 3 N–H and O–H groups in total. The Kier molecular flexibility index (Phi) is 10.9. The molecule has 0 saturated carbocycles. The number of rotatable bonds is 15. The van der Waals surface area contributed by atoms with Crippen molar-refractivity contribution in [2.45, 2.75) is 70.8 Å². The Bertz CT molecular complexity index is 1060. The van der Waals surface area contributed by atoms with Crippen molar-refractivity contribution in [2.75, 3.05) is 12.7 Å². The summed E-state index contributed by atoms with van der Waals surface area (Å²) in [5.74, 6) is 0. The summed E-state index contributed by atoms with van der Waals surface area (Å²) in [6.45, 7) is 4.90. The largest absolute Gasteiger partial charge is 0.325 e. The second kappa shape index (κ2) is 13.9. The monoisotopic (exact) mass is 508 g/mol. The molecule has 194 valence electrons. The molecule has 1 unspecified atom stereocenters. The highest BCUT2D eigenvalue weighted by Gasteiger charge is 2.39. The van der Waals surface area contributed by atoms with E-state index in [4.69, 9.17) is 4.98 Å². The standard InChI is InChI=1S/C30H41N2O3P/c1-3-5-6-10-19-27-25(15-4-2)16-13-20-28(27)30(26-17-8-7-9-18-26,29-21-11-12-22-31-29)32-23-14-24-36(33,34)35/h7-9,11-13,16-18,20-22,32H,3-6,10,14-15,19,23-24H2,1-2H3,(H2,33,34,35). The molecule has 0 fully saturated rings. The molecule has 1 atom stereocenters. The number of nitrogens with zero attached hydrogens (tertiary/aromatic N) is 1. The lowest BCUT2D eigenvalue weighted by Crippen LogP contribution is -2.46. The molecule has 0 aliphatic carbocycles. The van der Waals surface area contributed by atoms with Crippen molar-refractivity contribution in [2.24, 2.45) is 0 Å². The number of hydrogen-bond acceptors (Lipinski definition) is 3. The van der Waals surface area contributed by atoms with Crippen LogP contribution in [0.1, 0.15) is 80.3 Å². The molecule has 0 spiro atoms. The SMILES string of the molecule is CCCCCCc1c(CCC)cccc1C(NCCCP(=O)(O)O)(c1ccccc1)c1ccccn1. The summed E-state index contributed by atoms with van der Waals surface area (Å²) in [6, 6.07) is 22.9. The lowest BCUT2D eigenvalue weighted by atomic mass is 9.75. The maximum Gasteiger partial charge on any atom is 0.325 e. The maximum absolute atomic E-state index is 11.6. The Hall–Kier alpha value is -2.30. The Morgan fingerprint density at radius 2 is 1.61 bits per heavy atom. The van der Waals surface area contributed by atoms with Gasteiger partial charge in [-0.2, -0.15) is 0 Å². The van der Waals surface area contributed by atoms with Gasteiger partial charge in [-0.3, -0.25) is 14.9 Å². The Balaban J connectivity index is 2.19. The number of pyridine rings is 1. The first-order chi connectivity index (χ1) is 17.4. The first-order valence-corrected chi connectivity index (χ1v) is 15.1. The van der Waals surface area contributed by atoms with Crippen molar-refractivity contribution in [3.8, 4) is 0 Å². The van der Waals surface area contributed by atoms with E-state index >= 15 is 0 Å². The second-order valence-electron chi connectivity index (χ2n) is 9.50. The Morgan fingerprint density at radius 3 is 2.28 bits per heavy atom. The zero-order valence-corrected chi connectivity index (χ0v) is 22.6. The number of nitrogens with one attached hydrogen (secondary N) is 1. The normalized spacial score (nSPS) is 13.4. The number of aryl methyl sites for hydroxylation is 1. The van der Waals surface area contributed by atoms with Crippen molar-refractivity contribution < 1.29 is 14.4 Å². The van der Waals surface area contributed by atoms with E-state index in [1.54, 1.807) is 0 Å². The van der Waals surface area contributed by atoms with Crippen molar-refractivity contribution in [3.05, 3.63) is 101 Å². The number of hydrogen-bond donors (Lipinski definition) is 3. The Labute approximate surface area is 216 Å². The lowest BCUT2D eigenvalue weighted by molar-refractivity contribution is 0.369.